The van der Waals surface area contributed by atoms with Crippen molar-refractivity contribution < 1.29 is 9.59 Å². The summed E-state index contributed by atoms with van der Waals surface area (Å²) in [6, 6.07) is 4.91. The van der Waals surface area contributed by atoms with Crippen LogP contribution >= 0.6 is 0 Å². The first kappa shape index (κ1) is 11.3. The molecule has 4 nitrogen and oxygen atoms in total. The van der Waals surface area contributed by atoms with Gasteiger partial charge in [-0.2, -0.15) is 0 Å². The summed E-state index contributed by atoms with van der Waals surface area (Å²) in [5, 5.41) is 0. The average molecular weight is 244 g/mol. The Morgan fingerprint density at radius 2 is 1.78 bits per heavy atom. The van der Waals surface area contributed by atoms with Crippen LogP contribution in [0.4, 0.5) is 5.69 Å². The smallest absolute Gasteiger partial charge is 0.262 e. The van der Waals surface area contributed by atoms with Gasteiger partial charge in [0.1, 0.15) is 0 Å². The highest BCUT2D eigenvalue weighted by atomic mass is 16.2. The van der Waals surface area contributed by atoms with Crippen molar-refractivity contribution in [3.05, 3.63) is 29.3 Å². The molecular weight excluding hydrogens is 228 g/mol. The van der Waals surface area contributed by atoms with Crippen LogP contribution < -0.4 is 5.73 Å². The summed E-state index contributed by atoms with van der Waals surface area (Å²) in [6.45, 7) is 3.94. The summed E-state index contributed by atoms with van der Waals surface area (Å²) in [4.78, 5) is 26.2. The highest BCUT2D eigenvalue weighted by Gasteiger charge is 2.50. The van der Waals surface area contributed by atoms with Crippen LogP contribution in [0.2, 0.25) is 0 Å². The number of carbonyl (C=O) groups excluding carboxylic acids is 2. The molecule has 1 aliphatic heterocycles. The number of amides is 2. The molecule has 0 radical (unpaired) electrons. The summed E-state index contributed by atoms with van der Waals surface area (Å²) in [7, 11) is 0. The number of fused-ring (bicyclic) bond motifs is 1. The monoisotopic (exact) mass is 244 g/mol. The lowest BCUT2D eigenvalue weighted by Gasteiger charge is -2.34. The number of hydrogen-bond acceptors (Lipinski definition) is 3. The Morgan fingerprint density at radius 1 is 1.17 bits per heavy atom. The molecule has 0 atom stereocenters. The van der Waals surface area contributed by atoms with Gasteiger partial charge in [-0.05, 0) is 50.8 Å². The first-order valence-electron chi connectivity index (χ1n) is 6.21. The third-order valence-corrected chi connectivity index (χ3v) is 4.06. The van der Waals surface area contributed by atoms with Crippen molar-refractivity contribution in [2.75, 3.05) is 5.73 Å². The Hall–Kier alpha value is -1.84. The predicted octanol–water partition coefficient (Wildman–Crippen LogP) is 2.05. The van der Waals surface area contributed by atoms with Gasteiger partial charge in [-0.1, -0.05) is 0 Å². The van der Waals surface area contributed by atoms with Gasteiger partial charge in [-0.25, -0.2) is 0 Å². The molecule has 1 aliphatic carbocycles. The first-order valence-corrected chi connectivity index (χ1v) is 6.21. The molecule has 0 unspecified atom stereocenters. The molecule has 2 N–H and O–H groups in total. The topological polar surface area (TPSA) is 63.4 Å². The molecule has 18 heavy (non-hydrogen) atoms. The van der Waals surface area contributed by atoms with Crippen LogP contribution in [-0.4, -0.2) is 22.3 Å². The lowest BCUT2D eigenvalue weighted by atomic mass is 9.96. The van der Waals surface area contributed by atoms with E-state index in [0.29, 0.717) is 22.7 Å². The van der Waals surface area contributed by atoms with Gasteiger partial charge in [0.2, 0.25) is 0 Å². The van der Waals surface area contributed by atoms with E-state index in [1.54, 1.807) is 18.2 Å². The van der Waals surface area contributed by atoms with E-state index in [1.165, 1.54) is 4.90 Å². The van der Waals surface area contributed by atoms with Crippen LogP contribution in [0.25, 0.3) is 0 Å². The van der Waals surface area contributed by atoms with Crippen molar-refractivity contribution in [2.45, 2.75) is 32.2 Å². The van der Waals surface area contributed by atoms with Gasteiger partial charge < -0.3 is 5.73 Å². The van der Waals surface area contributed by atoms with E-state index >= 15 is 0 Å². The molecule has 0 spiro atoms. The largest absolute Gasteiger partial charge is 0.399 e. The Bertz CT molecular complexity index is 559. The zero-order valence-electron chi connectivity index (χ0n) is 10.6. The Kier molecular flexibility index (Phi) is 2.09. The van der Waals surface area contributed by atoms with E-state index < -0.39 is 5.54 Å². The minimum absolute atomic E-state index is 0.188. The normalized spacial score (nSPS) is 19.3. The number of carbonyl (C=O) groups is 2. The van der Waals surface area contributed by atoms with Crippen molar-refractivity contribution >= 4 is 17.5 Å². The fourth-order valence-corrected chi connectivity index (χ4v) is 2.75. The average Bonchev–Trinajstić information content (AvgIpc) is 3.09. The Morgan fingerprint density at radius 3 is 2.39 bits per heavy atom. The minimum Gasteiger partial charge on any atom is -0.399 e. The number of hydrogen-bond donors (Lipinski definition) is 1. The summed E-state index contributed by atoms with van der Waals surface area (Å²) in [5.41, 5.74) is 6.71. The molecule has 1 fully saturated rings. The molecule has 1 aromatic rings. The number of anilines is 1. The summed E-state index contributed by atoms with van der Waals surface area (Å²) in [5.74, 6) is 0.0307. The quantitative estimate of drug-likeness (QED) is 0.639. The van der Waals surface area contributed by atoms with E-state index in [9.17, 15) is 9.59 Å². The predicted molar refractivity (Wildman–Crippen MR) is 68.2 cm³/mol. The molecule has 0 bridgehead atoms. The summed E-state index contributed by atoms with van der Waals surface area (Å²) < 4.78 is 0. The third kappa shape index (κ3) is 1.38. The van der Waals surface area contributed by atoms with Gasteiger partial charge in [0.15, 0.2) is 0 Å². The Balaban J connectivity index is 2.07. The number of benzene rings is 1. The molecule has 4 heteroatoms. The van der Waals surface area contributed by atoms with E-state index in [1.807, 2.05) is 13.8 Å². The maximum absolute atomic E-state index is 12.4. The standard InChI is InChI=1S/C14H16N2O2/c1-14(2,8-3-4-8)16-12(17)10-6-5-9(15)7-11(10)13(16)18/h5-8H,3-4,15H2,1-2H3. The van der Waals surface area contributed by atoms with E-state index in [2.05, 4.69) is 0 Å². The molecule has 94 valence electrons. The van der Waals surface area contributed by atoms with Gasteiger partial charge >= 0.3 is 0 Å². The van der Waals surface area contributed by atoms with Gasteiger partial charge in [0.05, 0.1) is 11.1 Å². The van der Waals surface area contributed by atoms with Gasteiger partial charge in [-0.3, -0.25) is 14.5 Å². The van der Waals surface area contributed by atoms with Crippen LogP contribution in [0.5, 0.6) is 0 Å². The molecule has 1 saturated carbocycles. The van der Waals surface area contributed by atoms with Crippen molar-refractivity contribution in [1.82, 2.24) is 4.90 Å². The molecule has 2 amide bonds. The number of nitrogen functional groups attached to an aromatic ring is 1. The molecule has 3 rings (SSSR count). The SMILES string of the molecule is CC(C)(C1CC1)N1C(=O)c2ccc(N)cc2C1=O. The van der Waals surface area contributed by atoms with Crippen molar-refractivity contribution in [3.63, 3.8) is 0 Å². The van der Waals surface area contributed by atoms with Crippen molar-refractivity contribution in [3.8, 4) is 0 Å². The van der Waals surface area contributed by atoms with Gasteiger partial charge in [-0.15, -0.1) is 0 Å². The maximum atomic E-state index is 12.4. The van der Waals surface area contributed by atoms with Crippen LogP contribution in [0.3, 0.4) is 0 Å². The molecule has 0 aromatic heterocycles. The number of nitrogens with zero attached hydrogens (tertiary/aromatic N) is 1. The summed E-state index contributed by atoms with van der Waals surface area (Å²) >= 11 is 0. The number of rotatable bonds is 2. The minimum atomic E-state index is -0.401. The van der Waals surface area contributed by atoms with Crippen molar-refractivity contribution in [1.29, 1.82) is 0 Å². The lowest BCUT2D eigenvalue weighted by Crippen LogP contribution is -2.49. The van der Waals surface area contributed by atoms with Crippen LogP contribution in [0, 0.1) is 5.92 Å². The van der Waals surface area contributed by atoms with Crippen molar-refractivity contribution in [2.24, 2.45) is 5.92 Å². The highest BCUT2D eigenvalue weighted by molar-refractivity contribution is 6.22. The fraction of sp³-hybridized carbons (Fsp3) is 0.429. The highest BCUT2D eigenvalue weighted by Crippen LogP contribution is 2.45. The summed E-state index contributed by atoms with van der Waals surface area (Å²) in [6.07, 6.45) is 2.17. The van der Waals surface area contributed by atoms with Crippen LogP contribution in [-0.2, 0) is 0 Å². The van der Waals surface area contributed by atoms with E-state index in [4.69, 9.17) is 5.73 Å². The molecule has 2 aliphatic rings. The van der Waals surface area contributed by atoms with Crippen LogP contribution in [0.15, 0.2) is 18.2 Å². The van der Waals surface area contributed by atoms with Gasteiger partial charge in [0.25, 0.3) is 11.8 Å². The number of nitrogens with two attached hydrogens (primary N) is 1. The molecule has 1 aromatic carbocycles. The van der Waals surface area contributed by atoms with E-state index in [0.717, 1.165) is 12.8 Å². The second-order valence-corrected chi connectivity index (χ2v) is 5.68. The second kappa shape index (κ2) is 3.34. The first-order chi connectivity index (χ1) is 8.43. The molecule has 1 heterocycles. The van der Waals surface area contributed by atoms with Gasteiger partial charge in [0, 0.05) is 11.2 Å². The second-order valence-electron chi connectivity index (χ2n) is 5.68. The fourth-order valence-electron chi connectivity index (χ4n) is 2.75. The third-order valence-electron chi connectivity index (χ3n) is 4.06. The van der Waals surface area contributed by atoms with Crippen LogP contribution in [0.1, 0.15) is 47.4 Å². The lowest BCUT2D eigenvalue weighted by molar-refractivity contribution is 0.0443. The number of imide groups is 1. The molecule has 0 saturated heterocycles. The zero-order chi connectivity index (χ0) is 13.1. The molecular formula is C14H16N2O2. The van der Waals surface area contributed by atoms with E-state index in [-0.39, 0.29) is 11.8 Å². The maximum Gasteiger partial charge on any atom is 0.262 e. The zero-order valence-corrected chi connectivity index (χ0v) is 10.6. The Labute approximate surface area is 106 Å².